The summed E-state index contributed by atoms with van der Waals surface area (Å²) in [5.41, 5.74) is 0.908. The third-order valence-electron chi connectivity index (χ3n) is 5.35. The van der Waals surface area contributed by atoms with Crippen LogP contribution in [0.4, 0.5) is 0 Å². The van der Waals surface area contributed by atoms with Crippen molar-refractivity contribution >= 4 is 27.7 Å². The van der Waals surface area contributed by atoms with Gasteiger partial charge in [0.15, 0.2) is 5.16 Å². The number of rotatable bonds is 8. The van der Waals surface area contributed by atoms with Crippen LogP contribution in [0.2, 0.25) is 0 Å². The summed E-state index contributed by atoms with van der Waals surface area (Å²) in [6, 6.07) is 6.35. The van der Waals surface area contributed by atoms with E-state index in [9.17, 15) is 18.0 Å². The molecule has 0 bridgehead atoms. The van der Waals surface area contributed by atoms with Gasteiger partial charge in [-0.3, -0.25) is 9.59 Å². The third kappa shape index (κ3) is 5.51. The van der Waals surface area contributed by atoms with Gasteiger partial charge in [-0.25, -0.2) is 13.4 Å². The number of hydrogen-bond acceptors (Lipinski definition) is 7. The molecule has 0 saturated carbocycles. The lowest BCUT2D eigenvalue weighted by molar-refractivity contribution is -0.132. The number of aromatic nitrogens is 2. The third-order valence-corrected chi connectivity index (χ3v) is 7.84. The second-order valence-corrected chi connectivity index (χ2v) is 10.1. The minimum Gasteiger partial charge on any atom is -0.494 e. The number of amides is 1. The molecule has 174 valence electrons. The van der Waals surface area contributed by atoms with E-state index in [0.717, 1.165) is 0 Å². The van der Waals surface area contributed by atoms with E-state index >= 15 is 0 Å². The molecule has 1 aromatic heterocycles. The first-order valence-corrected chi connectivity index (χ1v) is 13.1. The number of nitrogens with one attached hydrogen (secondary N) is 1. The van der Waals surface area contributed by atoms with Gasteiger partial charge in [-0.05, 0) is 50.8 Å². The standard InChI is InChI=1S/C21H28N4O5S2/c1-4-30-16-5-7-17(8-6-16)32(28,29)25-13-11-24(12-14-25)19(26)10-9-18-15(2)22-21(31-3)23-20(18)27/h5-8H,4,9-14H2,1-3H3,(H,22,23,27). The van der Waals surface area contributed by atoms with Crippen molar-refractivity contribution in [2.45, 2.75) is 36.7 Å². The van der Waals surface area contributed by atoms with Crippen molar-refractivity contribution in [1.82, 2.24) is 19.2 Å². The number of sulfonamides is 1. The maximum absolute atomic E-state index is 12.9. The first-order chi connectivity index (χ1) is 15.3. The Balaban J connectivity index is 1.57. The summed E-state index contributed by atoms with van der Waals surface area (Å²) < 4.78 is 32.6. The topological polar surface area (TPSA) is 113 Å². The fraction of sp³-hybridized carbons (Fsp3) is 0.476. The monoisotopic (exact) mass is 480 g/mol. The number of nitrogens with zero attached hydrogens (tertiary/aromatic N) is 3. The molecule has 2 aromatic rings. The smallest absolute Gasteiger partial charge is 0.254 e. The van der Waals surface area contributed by atoms with Gasteiger partial charge >= 0.3 is 0 Å². The lowest BCUT2D eigenvalue weighted by Gasteiger charge is -2.34. The number of hydrogen-bond donors (Lipinski definition) is 1. The largest absolute Gasteiger partial charge is 0.494 e. The van der Waals surface area contributed by atoms with Crippen LogP contribution in [0.5, 0.6) is 5.75 Å². The zero-order valence-electron chi connectivity index (χ0n) is 18.5. The van der Waals surface area contributed by atoms with Gasteiger partial charge < -0.3 is 14.6 Å². The van der Waals surface area contributed by atoms with E-state index in [2.05, 4.69) is 9.97 Å². The number of carbonyl (C=O) groups excluding carboxylic acids is 1. The van der Waals surface area contributed by atoms with Crippen molar-refractivity contribution in [3.05, 3.63) is 45.9 Å². The average molecular weight is 481 g/mol. The lowest BCUT2D eigenvalue weighted by Crippen LogP contribution is -2.50. The van der Waals surface area contributed by atoms with Gasteiger partial charge in [0.05, 0.1) is 11.5 Å². The minimum atomic E-state index is -3.63. The quantitative estimate of drug-likeness (QED) is 0.452. The highest BCUT2D eigenvalue weighted by atomic mass is 32.2. The summed E-state index contributed by atoms with van der Waals surface area (Å²) in [4.78, 5) is 33.8. The predicted molar refractivity (Wildman–Crippen MR) is 123 cm³/mol. The highest BCUT2D eigenvalue weighted by Gasteiger charge is 2.30. The van der Waals surface area contributed by atoms with Crippen molar-refractivity contribution in [1.29, 1.82) is 0 Å². The molecule has 1 aliphatic rings. The van der Waals surface area contributed by atoms with Crippen LogP contribution in [-0.4, -0.2) is 72.5 Å². The molecule has 0 radical (unpaired) electrons. The Hall–Kier alpha value is -2.37. The Bertz CT molecular complexity index is 1110. The van der Waals surface area contributed by atoms with Crippen LogP contribution in [0.3, 0.4) is 0 Å². The zero-order valence-corrected chi connectivity index (χ0v) is 20.1. The number of carbonyl (C=O) groups is 1. The van der Waals surface area contributed by atoms with Crippen molar-refractivity contribution in [2.24, 2.45) is 0 Å². The molecule has 1 N–H and O–H groups in total. The maximum Gasteiger partial charge on any atom is 0.254 e. The van der Waals surface area contributed by atoms with Crippen LogP contribution in [0.1, 0.15) is 24.6 Å². The van der Waals surface area contributed by atoms with Gasteiger partial charge in [-0.15, -0.1) is 0 Å². The second-order valence-electron chi connectivity index (χ2n) is 7.33. The number of aryl methyl sites for hydroxylation is 1. The Morgan fingerprint density at radius 3 is 2.41 bits per heavy atom. The Morgan fingerprint density at radius 2 is 1.84 bits per heavy atom. The summed E-state index contributed by atoms with van der Waals surface area (Å²) in [7, 11) is -3.63. The van der Waals surface area contributed by atoms with Crippen LogP contribution in [0.15, 0.2) is 39.1 Å². The van der Waals surface area contributed by atoms with Gasteiger partial charge in [-0.1, -0.05) is 11.8 Å². The molecule has 0 aliphatic carbocycles. The van der Waals surface area contributed by atoms with Crippen molar-refractivity contribution < 1.29 is 17.9 Å². The van der Waals surface area contributed by atoms with E-state index in [1.54, 1.807) is 24.0 Å². The Kier molecular flexibility index (Phi) is 7.96. The Labute approximate surface area is 192 Å². The fourth-order valence-corrected chi connectivity index (χ4v) is 5.41. The van der Waals surface area contributed by atoms with Gasteiger partial charge in [0.1, 0.15) is 5.75 Å². The van der Waals surface area contributed by atoms with Gasteiger partial charge in [0, 0.05) is 43.9 Å². The average Bonchev–Trinajstić information content (AvgIpc) is 2.79. The molecule has 1 aliphatic heterocycles. The number of thioether (sulfide) groups is 1. The highest BCUT2D eigenvalue weighted by molar-refractivity contribution is 7.98. The molecule has 2 heterocycles. The number of aromatic amines is 1. The summed E-state index contributed by atoms with van der Waals surface area (Å²) in [6.45, 7) is 5.22. The molecule has 0 atom stereocenters. The molecular formula is C21H28N4O5S2. The molecule has 0 unspecified atom stereocenters. The summed E-state index contributed by atoms with van der Waals surface area (Å²) in [6.07, 6.45) is 2.30. The predicted octanol–water partition coefficient (Wildman–Crippen LogP) is 1.66. The summed E-state index contributed by atoms with van der Waals surface area (Å²) >= 11 is 1.35. The number of ether oxygens (including phenoxy) is 1. The SMILES string of the molecule is CCOc1ccc(S(=O)(=O)N2CCN(C(=O)CCc3c(C)nc(SC)[nH]c3=O)CC2)cc1. The second kappa shape index (κ2) is 10.5. The van der Waals surface area contributed by atoms with E-state index in [1.807, 2.05) is 13.2 Å². The van der Waals surface area contributed by atoms with Crippen LogP contribution >= 0.6 is 11.8 Å². The van der Waals surface area contributed by atoms with Crippen LogP contribution < -0.4 is 10.3 Å². The molecule has 3 rings (SSSR count). The van der Waals surface area contributed by atoms with Gasteiger partial charge in [-0.2, -0.15) is 4.31 Å². The van der Waals surface area contributed by atoms with Crippen LogP contribution in [-0.2, 0) is 21.2 Å². The number of H-pyrrole nitrogens is 1. The molecule has 11 heteroatoms. The molecule has 1 aromatic carbocycles. The van der Waals surface area contributed by atoms with E-state index in [4.69, 9.17) is 4.74 Å². The highest BCUT2D eigenvalue weighted by Crippen LogP contribution is 2.21. The molecule has 0 spiro atoms. The number of piperazine rings is 1. The van der Waals surface area contributed by atoms with Crippen molar-refractivity contribution in [2.75, 3.05) is 39.0 Å². The van der Waals surface area contributed by atoms with E-state index in [0.29, 0.717) is 48.3 Å². The van der Waals surface area contributed by atoms with Crippen LogP contribution in [0.25, 0.3) is 0 Å². The lowest BCUT2D eigenvalue weighted by atomic mass is 10.1. The van der Waals surface area contributed by atoms with Crippen molar-refractivity contribution in [3.8, 4) is 5.75 Å². The van der Waals surface area contributed by atoms with Crippen LogP contribution in [0, 0.1) is 6.92 Å². The fourth-order valence-electron chi connectivity index (χ4n) is 3.57. The molecule has 1 saturated heterocycles. The van der Waals surface area contributed by atoms with E-state index in [1.165, 1.54) is 28.2 Å². The normalized spacial score (nSPS) is 15.0. The van der Waals surface area contributed by atoms with E-state index < -0.39 is 10.0 Å². The molecular weight excluding hydrogens is 452 g/mol. The van der Waals surface area contributed by atoms with Crippen molar-refractivity contribution in [3.63, 3.8) is 0 Å². The Morgan fingerprint density at radius 1 is 1.19 bits per heavy atom. The molecule has 32 heavy (non-hydrogen) atoms. The molecule has 1 amide bonds. The first kappa shape index (κ1) is 24.3. The first-order valence-electron chi connectivity index (χ1n) is 10.4. The molecule has 9 nitrogen and oxygen atoms in total. The summed E-state index contributed by atoms with van der Waals surface area (Å²) in [5.74, 6) is 0.519. The van der Waals surface area contributed by atoms with Gasteiger partial charge in [0.25, 0.3) is 5.56 Å². The van der Waals surface area contributed by atoms with E-state index in [-0.39, 0.29) is 35.9 Å². The zero-order chi connectivity index (χ0) is 23.3. The van der Waals surface area contributed by atoms with Gasteiger partial charge in [0.2, 0.25) is 15.9 Å². The summed E-state index contributed by atoms with van der Waals surface area (Å²) in [5, 5.41) is 0.549. The maximum atomic E-state index is 12.9. The minimum absolute atomic E-state index is 0.101. The number of benzene rings is 1. The molecule has 1 fully saturated rings.